The average Bonchev–Trinajstić information content (AvgIpc) is 2.97. The number of nitrogens with one attached hydrogen (secondary N) is 1. The molecule has 6 heteroatoms. The zero-order valence-corrected chi connectivity index (χ0v) is 11.7. The van der Waals surface area contributed by atoms with Crippen molar-refractivity contribution in [2.75, 3.05) is 39.3 Å². The number of rotatable bonds is 2. The first-order chi connectivity index (χ1) is 8.68. The lowest BCUT2D eigenvalue weighted by atomic mass is 10.2. The van der Waals surface area contributed by atoms with Gasteiger partial charge in [0.25, 0.3) is 0 Å². The highest BCUT2D eigenvalue weighted by atomic mass is 32.2. The fraction of sp³-hybridized carbons (Fsp3) is 1.00. The van der Waals surface area contributed by atoms with Crippen LogP contribution in [-0.2, 0) is 10.0 Å². The Kier molecular flexibility index (Phi) is 3.62. The van der Waals surface area contributed by atoms with Crippen LogP contribution in [0.5, 0.6) is 0 Å². The van der Waals surface area contributed by atoms with Gasteiger partial charge < -0.3 is 5.32 Å². The van der Waals surface area contributed by atoms with Crippen LogP contribution >= 0.6 is 0 Å². The summed E-state index contributed by atoms with van der Waals surface area (Å²) in [5.41, 5.74) is 0. The summed E-state index contributed by atoms with van der Waals surface area (Å²) in [4.78, 5) is 2.47. The molecule has 3 aliphatic heterocycles. The van der Waals surface area contributed by atoms with Gasteiger partial charge in [-0.2, -0.15) is 0 Å². The van der Waals surface area contributed by atoms with Gasteiger partial charge in [-0.05, 0) is 45.3 Å². The van der Waals surface area contributed by atoms with Gasteiger partial charge in [0, 0.05) is 25.7 Å². The van der Waals surface area contributed by atoms with Crippen LogP contribution in [0.25, 0.3) is 0 Å². The summed E-state index contributed by atoms with van der Waals surface area (Å²) in [7, 11) is -3.08. The van der Waals surface area contributed by atoms with Gasteiger partial charge in [0.2, 0.25) is 10.0 Å². The molecule has 0 spiro atoms. The summed E-state index contributed by atoms with van der Waals surface area (Å²) in [6, 6.07) is 0.469. The number of nitrogens with zero attached hydrogens (tertiary/aromatic N) is 2. The van der Waals surface area contributed by atoms with E-state index in [0.29, 0.717) is 19.1 Å². The van der Waals surface area contributed by atoms with Crippen molar-refractivity contribution < 1.29 is 8.42 Å². The summed E-state index contributed by atoms with van der Waals surface area (Å²) < 4.78 is 27.0. The second kappa shape index (κ2) is 5.07. The molecule has 3 rings (SSSR count). The van der Waals surface area contributed by atoms with Crippen molar-refractivity contribution in [3.8, 4) is 0 Å². The smallest absolute Gasteiger partial charge is 0.218 e. The van der Waals surface area contributed by atoms with E-state index in [1.54, 1.807) is 4.31 Å². The fourth-order valence-corrected chi connectivity index (χ4v) is 5.43. The van der Waals surface area contributed by atoms with Crippen LogP contribution < -0.4 is 5.32 Å². The summed E-state index contributed by atoms with van der Waals surface area (Å²) in [5, 5.41) is 2.97. The summed E-state index contributed by atoms with van der Waals surface area (Å²) >= 11 is 0. The topological polar surface area (TPSA) is 52.7 Å². The zero-order chi connectivity index (χ0) is 12.6. The summed E-state index contributed by atoms with van der Waals surface area (Å²) in [5.74, 6) is 0. The Morgan fingerprint density at radius 1 is 1.06 bits per heavy atom. The third-order valence-electron chi connectivity index (χ3n) is 4.56. The lowest BCUT2D eigenvalue weighted by Crippen LogP contribution is -2.44. The molecule has 3 heterocycles. The van der Waals surface area contributed by atoms with Gasteiger partial charge in [-0.25, -0.2) is 12.7 Å². The lowest BCUT2D eigenvalue weighted by Gasteiger charge is -2.27. The minimum atomic E-state index is -3.08. The minimum Gasteiger partial charge on any atom is -0.315 e. The van der Waals surface area contributed by atoms with E-state index in [1.807, 2.05) is 0 Å². The zero-order valence-electron chi connectivity index (χ0n) is 10.8. The molecule has 0 aromatic carbocycles. The van der Waals surface area contributed by atoms with Gasteiger partial charge in [0.05, 0.1) is 5.25 Å². The van der Waals surface area contributed by atoms with Crippen LogP contribution in [0.15, 0.2) is 0 Å². The third kappa shape index (κ3) is 2.31. The maximum absolute atomic E-state index is 12.6. The van der Waals surface area contributed by atoms with E-state index >= 15 is 0 Å². The van der Waals surface area contributed by atoms with Gasteiger partial charge in [-0.3, -0.25) is 4.90 Å². The van der Waals surface area contributed by atoms with Crippen LogP contribution in [-0.4, -0.2) is 68.2 Å². The molecular weight excluding hydrogens is 250 g/mol. The number of hydrogen-bond donors (Lipinski definition) is 1. The van der Waals surface area contributed by atoms with Crippen molar-refractivity contribution in [3.05, 3.63) is 0 Å². The molecule has 0 aromatic rings. The Morgan fingerprint density at radius 2 is 1.89 bits per heavy atom. The molecule has 0 radical (unpaired) electrons. The molecule has 0 aliphatic carbocycles. The van der Waals surface area contributed by atoms with Gasteiger partial charge in [0.15, 0.2) is 0 Å². The highest BCUT2D eigenvalue weighted by molar-refractivity contribution is 7.89. The predicted molar refractivity (Wildman–Crippen MR) is 71.0 cm³/mol. The van der Waals surface area contributed by atoms with Crippen molar-refractivity contribution in [1.29, 1.82) is 0 Å². The Bertz CT molecular complexity index is 392. The SMILES string of the molecule is O=S(=O)(C1CCNC1)N1CCCN2CCCC2C1. The van der Waals surface area contributed by atoms with Crippen molar-refractivity contribution in [2.24, 2.45) is 0 Å². The van der Waals surface area contributed by atoms with E-state index in [2.05, 4.69) is 10.2 Å². The average molecular weight is 273 g/mol. The molecule has 2 atom stereocenters. The second-order valence-electron chi connectivity index (χ2n) is 5.70. The monoisotopic (exact) mass is 273 g/mol. The summed E-state index contributed by atoms with van der Waals surface area (Å²) in [6.07, 6.45) is 4.14. The molecule has 1 N–H and O–H groups in total. The number of fused-ring (bicyclic) bond motifs is 1. The van der Waals surface area contributed by atoms with E-state index in [4.69, 9.17) is 0 Å². The standard InChI is InChI=1S/C12H23N3O2S/c16-18(17,12-4-5-13-9-12)15-8-2-7-14-6-1-3-11(14)10-15/h11-13H,1-10H2. The fourth-order valence-electron chi connectivity index (χ4n) is 3.50. The Labute approximate surface area is 110 Å². The maximum atomic E-state index is 12.6. The quantitative estimate of drug-likeness (QED) is 0.760. The largest absolute Gasteiger partial charge is 0.315 e. The van der Waals surface area contributed by atoms with Gasteiger partial charge in [-0.1, -0.05) is 0 Å². The molecule has 3 aliphatic rings. The highest BCUT2D eigenvalue weighted by Crippen LogP contribution is 2.25. The van der Waals surface area contributed by atoms with E-state index < -0.39 is 10.0 Å². The molecule has 5 nitrogen and oxygen atoms in total. The van der Waals surface area contributed by atoms with E-state index in [9.17, 15) is 8.42 Å². The number of hydrogen-bond acceptors (Lipinski definition) is 4. The molecule has 0 bridgehead atoms. The normalized spacial score (nSPS) is 35.6. The molecule has 0 amide bonds. The van der Waals surface area contributed by atoms with Crippen LogP contribution in [0.2, 0.25) is 0 Å². The predicted octanol–water partition coefficient (Wildman–Crippen LogP) is -0.152. The summed E-state index contributed by atoms with van der Waals surface area (Å²) in [6.45, 7) is 5.13. The van der Waals surface area contributed by atoms with Crippen LogP contribution in [0.4, 0.5) is 0 Å². The van der Waals surface area contributed by atoms with Crippen LogP contribution in [0.3, 0.4) is 0 Å². The molecule has 3 saturated heterocycles. The first-order valence-corrected chi connectivity index (χ1v) is 8.62. The van der Waals surface area contributed by atoms with Crippen molar-refractivity contribution in [2.45, 2.75) is 37.0 Å². The molecule has 0 aromatic heterocycles. The Balaban J connectivity index is 1.74. The molecule has 18 heavy (non-hydrogen) atoms. The van der Waals surface area contributed by atoms with Crippen molar-refractivity contribution in [3.63, 3.8) is 0 Å². The van der Waals surface area contributed by atoms with Gasteiger partial charge >= 0.3 is 0 Å². The Hall–Kier alpha value is -0.170. The first kappa shape index (κ1) is 12.8. The highest BCUT2D eigenvalue weighted by Gasteiger charge is 2.38. The molecule has 0 saturated carbocycles. The second-order valence-corrected chi connectivity index (χ2v) is 7.92. The molecule has 3 fully saturated rings. The van der Waals surface area contributed by atoms with Crippen molar-refractivity contribution in [1.82, 2.24) is 14.5 Å². The Morgan fingerprint density at radius 3 is 2.67 bits per heavy atom. The molecule has 104 valence electrons. The third-order valence-corrected chi connectivity index (χ3v) is 6.86. The van der Waals surface area contributed by atoms with Crippen molar-refractivity contribution >= 4 is 10.0 Å². The number of sulfonamides is 1. The van der Waals surface area contributed by atoms with Crippen LogP contribution in [0.1, 0.15) is 25.7 Å². The van der Waals surface area contributed by atoms with E-state index in [1.165, 1.54) is 6.42 Å². The molecule has 2 unspecified atom stereocenters. The van der Waals surface area contributed by atoms with E-state index in [-0.39, 0.29) is 5.25 Å². The van der Waals surface area contributed by atoms with Gasteiger partial charge in [0.1, 0.15) is 0 Å². The van der Waals surface area contributed by atoms with Crippen LogP contribution in [0, 0.1) is 0 Å². The minimum absolute atomic E-state index is 0.189. The first-order valence-electron chi connectivity index (χ1n) is 7.11. The van der Waals surface area contributed by atoms with E-state index in [0.717, 1.165) is 45.4 Å². The van der Waals surface area contributed by atoms with Gasteiger partial charge in [-0.15, -0.1) is 0 Å². The maximum Gasteiger partial charge on any atom is 0.218 e. The molecular formula is C12H23N3O2S. The lowest BCUT2D eigenvalue weighted by molar-refractivity contribution is 0.257.